The number of nitrogens with zero attached hydrogens (tertiary/aromatic N) is 4. The Morgan fingerprint density at radius 2 is 2.12 bits per heavy atom. The van der Waals surface area contributed by atoms with E-state index in [9.17, 15) is 4.79 Å². The third-order valence-electron chi connectivity index (χ3n) is 3.62. The molecule has 2 heterocycles. The molecule has 0 unspecified atom stereocenters. The molecule has 136 valence electrons. The lowest BCUT2D eigenvalue weighted by atomic mass is 10.1. The first-order chi connectivity index (χ1) is 12.6. The minimum atomic E-state index is -0.0396. The largest absolute Gasteiger partial charge is 0.363 e. The summed E-state index contributed by atoms with van der Waals surface area (Å²) in [6.45, 7) is 3.66. The maximum absolute atomic E-state index is 12.3. The second-order valence-corrected chi connectivity index (χ2v) is 8.41. The highest BCUT2D eigenvalue weighted by molar-refractivity contribution is 8.00. The van der Waals surface area contributed by atoms with Gasteiger partial charge in [-0.3, -0.25) is 9.69 Å². The SMILES string of the molecule is CCc1ccccc1N(C(C)=O)c1nc(CSc2nnc(NC)s2)cs1. The van der Waals surface area contributed by atoms with Crippen molar-refractivity contribution in [1.29, 1.82) is 0 Å². The maximum Gasteiger partial charge on any atom is 0.230 e. The molecule has 3 aromatic rings. The molecule has 0 aliphatic rings. The van der Waals surface area contributed by atoms with Gasteiger partial charge in [0.05, 0.1) is 11.4 Å². The Kier molecular flexibility index (Phi) is 6.23. The smallest absolute Gasteiger partial charge is 0.230 e. The van der Waals surface area contributed by atoms with Crippen molar-refractivity contribution in [3.63, 3.8) is 0 Å². The second kappa shape index (κ2) is 8.61. The normalized spacial score (nSPS) is 10.7. The fourth-order valence-corrected chi connectivity index (χ4v) is 4.99. The van der Waals surface area contributed by atoms with Crippen molar-refractivity contribution >= 4 is 56.3 Å². The first-order valence-corrected chi connectivity index (χ1v) is 10.8. The van der Waals surface area contributed by atoms with Gasteiger partial charge in [0.25, 0.3) is 0 Å². The van der Waals surface area contributed by atoms with Gasteiger partial charge in [-0.05, 0) is 18.1 Å². The van der Waals surface area contributed by atoms with E-state index in [-0.39, 0.29) is 5.91 Å². The van der Waals surface area contributed by atoms with E-state index in [0.29, 0.717) is 10.9 Å². The van der Waals surface area contributed by atoms with Crippen LogP contribution in [0.2, 0.25) is 0 Å². The van der Waals surface area contributed by atoms with Gasteiger partial charge in [0.2, 0.25) is 11.0 Å². The summed E-state index contributed by atoms with van der Waals surface area (Å²) in [6.07, 6.45) is 0.860. The third-order valence-corrected chi connectivity index (χ3v) is 6.61. The van der Waals surface area contributed by atoms with E-state index < -0.39 is 0 Å². The first kappa shape index (κ1) is 18.8. The lowest BCUT2D eigenvalue weighted by Crippen LogP contribution is -2.23. The Bertz CT molecular complexity index is 892. The lowest BCUT2D eigenvalue weighted by molar-refractivity contribution is -0.115. The van der Waals surface area contributed by atoms with Gasteiger partial charge in [-0.15, -0.1) is 21.5 Å². The standard InChI is InChI=1S/C17H19N5OS3/c1-4-12-7-5-6-8-14(12)22(11(2)23)16-19-13(9-24-16)10-25-17-21-20-15(18-3)26-17/h5-9H,4,10H2,1-3H3,(H,18,20). The average molecular weight is 406 g/mol. The van der Waals surface area contributed by atoms with Crippen LogP contribution >= 0.6 is 34.4 Å². The topological polar surface area (TPSA) is 71.0 Å². The highest BCUT2D eigenvalue weighted by Crippen LogP contribution is 2.34. The number of anilines is 3. The molecule has 6 nitrogen and oxygen atoms in total. The minimum Gasteiger partial charge on any atom is -0.363 e. The summed E-state index contributed by atoms with van der Waals surface area (Å²) >= 11 is 4.59. The summed E-state index contributed by atoms with van der Waals surface area (Å²) in [5.41, 5.74) is 2.96. The third kappa shape index (κ3) is 4.22. The number of amides is 1. The Balaban J connectivity index is 1.78. The molecule has 0 saturated heterocycles. The van der Waals surface area contributed by atoms with Crippen LogP contribution in [-0.4, -0.2) is 28.1 Å². The van der Waals surface area contributed by atoms with Crippen molar-refractivity contribution in [2.24, 2.45) is 0 Å². The van der Waals surface area contributed by atoms with E-state index in [4.69, 9.17) is 0 Å². The van der Waals surface area contributed by atoms with Crippen LogP contribution in [0.15, 0.2) is 34.0 Å². The van der Waals surface area contributed by atoms with Crippen LogP contribution in [0.25, 0.3) is 0 Å². The summed E-state index contributed by atoms with van der Waals surface area (Å²) in [7, 11) is 1.83. The van der Waals surface area contributed by atoms with Crippen LogP contribution in [0, 0.1) is 0 Å². The van der Waals surface area contributed by atoms with Gasteiger partial charge in [-0.25, -0.2) is 4.98 Å². The molecule has 1 N–H and O–H groups in total. The Morgan fingerprint density at radius 3 is 2.81 bits per heavy atom. The number of carbonyl (C=O) groups is 1. The van der Waals surface area contributed by atoms with Gasteiger partial charge in [-0.2, -0.15) is 0 Å². The number of benzene rings is 1. The molecule has 0 bridgehead atoms. The molecule has 0 atom stereocenters. The summed E-state index contributed by atoms with van der Waals surface area (Å²) < 4.78 is 0.892. The summed E-state index contributed by atoms with van der Waals surface area (Å²) in [5, 5.41) is 14.6. The monoisotopic (exact) mass is 405 g/mol. The van der Waals surface area contributed by atoms with E-state index >= 15 is 0 Å². The fourth-order valence-electron chi connectivity index (χ4n) is 2.41. The van der Waals surface area contributed by atoms with Gasteiger partial charge in [-0.1, -0.05) is 48.2 Å². The number of hydrogen-bond donors (Lipinski definition) is 1. The molecule has 1 aromatic carbocycles. The van der Waals surface area contributed by atoms with Gasteiger partial charge in [0.1, 0.15) is 0 Å². The molecule has 0 fully saturated rings. The minimum absolute atomic E-state index is 0.0396. The Morgan fingerprint density at radius 1 is 1.31 bits per heavy atom. The molecule has 1 amide bonds. The number of rotatable bonds is 7. The zero-order valence-corrected chi connectivity index (χ0v) is 17.2. The molecule has 0 radical (unpaired) electrons. The molecule has 0 saturated carbocycles. The summed E-state index contributed by atoms with van der Waals surface area (Å²) in [4.78, 5) is 18.7. The zero-order chi connectivity index (χ0) is 18.5. The number of aryl methyl sites for hydroxylation is 1. The lowest BCUT2D eigenvalue weighted by Gasteiger charge is -2.20. The average Bonchev–Trinajstić information content (AvgIpc) is 3.29. The molecular formula is C17H19N5OS3. The highest BCUT2D eigenvalue weighted by atomic mass is 32.2. The molecule has 9 heteroatoms. The van der Waals surface area contributed by atoms with Gasteiger partial charge in [0, 0.05) is 25.1 Å². The molecule has 0 spiro atoms. The molecule has 0 aliphatic heterocycles. The molecular weight excluding hydrogens is 386 g/mol. The Hall–Kier alpha value is -1.97. The predicted octanol–water partition coefficient (Wildman–Crippen LogP) is 4.58. The number of carbonyl (C=O) groups excluding carboxylic acids is 1. The molecule has 3 rings (SSSR count). The van der Waals surface area contributed by atoms with Crippen molar-refractivity contribution < 1.29 is 4.79 Å². The quantitative estimate of drug-likeness (QED) is 0.580. The van der Waals surface area contributed by atoms with Crippen molar-refractivity contribution in [1.82, 2.24) is 15.2 Å². The molecule has 26 heavy (non-hydrogen) atoms. The first-order valence-electron chi connectivity index (χ1n) is 8.09. The maximum atomic E-state index is 12.3. The van der Waals surface area contributed by atoms with Crippen molar-refractivity contribution in [3.8, 4) is 0 Å². The van der Waals surface area contributed by atoms with E-state index in [1.165, 1.54) is 22.7 Å². The van der Waals surface area contributed by atoms with Crippen LogP contribution in [0.3, 0.4) is 0 Å². The number of hydrogen-bond acceptors (Lipinski definition) is 8. The van der Waals surface area contributed by atoms with Crippen LogP contribution in [0.4, 0.5) is 16.0 Å². The van der Waals surface area contributed by atoms with Crippen LogP contribution < -0.4 is 10.2 Å². The summed E-state index contributed by atoms with van der Waals surface area (Å²) in [5.74, 6) is 0.651. The number of para-hydroxylation sites is 1. The van der Waals surface area contributed by atoms with E-state index in [2.05, 4.69) is 27.4 Å². The van der Waals surface area contributed by atoms with Gasteiger partial charge in [0.15, 0.2) is 9.47 Å². The van der Waals surface area contributed by atoms with E-state index in [1.54, 1.807) is 23.6 Å². The highest BCUT2D eigenvalue weighted by Gasteiger charge is 2.20. The van der Waals surface area contributed by atoms with Gasteiger partial charge >= 0.3 is 0 Å². The second-order valence-electron chi connectivity index (χ2n) is 5.37. The van der Waals surface area contributed by atoms with E-state index in [0.717, 1.165) is 32.8 Å². The van der Waals surface area contributed by atoms with Crippen molar-refractivity contribution in [3.05, 3.63) is 40.9 Å². The Labute approximate surface area is 164 Å². The van der Waals surface area contributed by atoms with Gasteiger partial charge < -0.3 is 5.32 Å². The fraction of sp³-hybridized carbons (Fsp3) is 0.294. The number of aromatic nitrogens is 3. The number of thiazole rings is 1. The summed E-state index contributed by atoms with van der Waals surface area (Å²) in [6, 6.07) is 7.96. The number of thioether (sulfide) groups is 1. The van der Waals surface area contributed by atoms with Crippen molar-refractivity contribution in [2.75, 3.05) is 17.3 Å². The predicted molar refractivity (Wildman–Crippen MR) is 110 cm³/mol. The van der Waals surface area contributed by atoms with Crippen LogP contribution in [0.5, 0.6) is 0 Å². The van der Waals surface area contributed by atoms with Crippen LogP contribution in [-0.2, 0) is 17.0 Å². The van der Waals surface area contributed by atoms with Crippen molar-refractivity contribution in [2.45, 2.75) is 30.4 Å². The zero-order valence-electron chi connectivity index (χ0n) is 14.7. The molecule has 0 aliphatic carbocycles. The molecule has 2 aromatic heterocycles. The number of nitrogens with one attached hydrogen (secondary N) is 1. The van der Waals surface area contributed by atoms with Crippen LogP contribution in [0.1, 0.15) is 25.1 Å². The van der Waals surface area contributed by atoms with E-state index in [1.807, 2.05) is 36.7 Å².